The molecule has 1 aromatic rings. The van der Waals surface area contributed by atoms with Gasteiger partial charge in [0.05, 0.1) is 0 Å². The van der Waals surface area contributed by atoms with Crippen molar-refractivity contribution >= 4 is 0 Å². The van der Waals surface area contributed by atoms with Crippen molar-refractivity contribution in [3.63, 3.8) is 0 Å². The van der Waals surface area contributed by atoms with Crippen molar-refractivity contribution in [1.29, 1.82) is 0 Å². The molecule has 6 atom stereocenters. The summed E-state index contributed by atoms with van der Waals surface area (Å²) in [5.74, 6) is 4.12. The first-order chi connectivity index (χ1) is 10.6. The molecule has 0 aliphatic heterocycles. The lowest BCUT2D eigenvalue weighted by molar-refractivity contribution is 0.000162. The Bertz CT molecular complexity index is 551. The highest BCUT2D eigenvalue weighted by atomic mass is 16.3. The lowest BCUT2D eigenvalue weighted by Crippen LogP contribution is -2.45. The van der Waals surface area contributed by atoms with Gasteiger partial charge in [0.1, 0.15) is 0 Å². The van der Waals surface area contributed by atoms with E-state index >= 15 is 0 Å². The molecule has 0 radical (unpaired) electrons. The average molecular weight is 298 g/mol. The summed E-state index contributed by atoms with van der Waals surface area (Å²) in [6.45, 7) is 5.42. The van der Waals surface area contributed by atoms with Gasteiger partial charge in [0.15, 0.2) is 0 Å². The number of benzene rings is 1. The molecule has 2 saturated carbocycles. The Hall–Kier alpha value is -0.820. The third-order valence-electron chi connectivity index (χ3n) is 7.66. The van der Waals surface area contributed by atoms with Crippen molar-refractivity contribution < 1.29 is 5.11 Å². The molecule has 1 N–H and O–H groups in total. The van der Waals surface area contributed by atoms with Crippen molar-refractivity contribution in [2.75, 3.05) is 6.61 Å². The summed E-state index contributed by atoms with van der Waals surface area (Å²) in [6.07, 6.45) is 7.77. The van der Waals surface area contributed by atoms with Crippen LogP contribution in [0.15, 0.2) is 24.3 Å². The Morgan fingerprint density at radius 1 is 1.18 bits per heavy atom. The van der Waals surface area contributed by atoms with E-state index in [-0.39, 0.29) is 0 Å². The first kappa shape index (κ1) is 14.8. The van der Waals surface area contributed by atoms with Gasteiger partial charge < -0.3 is 5.11 Å². The van der Waals surface area contributed by atoms with Crippen LogP contribution in [0, 0.1) is 29.1 Å². The van der Waals surface area contributed by atoms with Crippen molar-refractivity contribution in [2.24, 2.45) is 29.1 Å². The minimum atomic E-state index is 0.374. The Morgan fingerprint density at radius 3 is 2.82 bits per heavy atom. The zero-order valence-electron chi connectivity index (χ0n) is 14.1. The predicted molar refractivity (Wildman–Crippen MR) is 90.8 cm³/mol. The van der Waals surface area contributed by atoms with Gasteiger partial charge >= 0.3 is 0 Å². The summed E-state index contributed by atoms with van der Waals surface area (Å²) < 4.78 is 0. The van der Waals surface area contributed by atoms with Gasteiger partial charge in [-0.1, -0.05) is 38.1 Å². The predicted octanol–water partition coefficient (Wildman–Crippen LogP) is 4.79. The molecule has 0 bridgehead atoms. The van der Waals surface area contributed by atoms with Gasteiger partial charge in [-0.3, -0.25) is 0 Å². The summed E-state index contributed by atoms with van der Waals surface area (Å²) in [7, 11) is 0. The molecule has 0 aromatic heterocycles. The van der Waals surface area contributed by atoms with Crippen LogP contribution in [0.25, 0.3) is 0 Å². The third kappa shape index (κ3) is 2.01. The van der Waals surface area contributed by atoms with Gasteiger partial charge in [-0.2, -0.15) is 0 Å². The summed E-state index contributed by atoms with van der Waals surface area (Å²) in [5, 5.41) is 9.45. The maximum atomic E-state index is 9.45. The van der Waals surface area contributed by atoms with Crippen LogP contribution in [0.3, 0.4) is 0 Å². The van der Waals surface area contributed by atoms with Crippen LogP contribution in [0.4, 0.5) is 0 Å². The second-order valence-corrected chi connectivity index (χ2v) is 8.50. The van der Waals surface area contributed by atoms with Crippen LogP contribution < -0.4 is 0 Å². The molecule has 1 unspecified atom stereocenters. The standard InChI is InChI=1S/C21H30O/c1-14-13-15-5-3-4-6-17(15)18-9-11-21(2)16(10-12-22)7-8-19(21)20(14)18/h3-6,14,16,18-20,22H,7-13H2,1-2H3/t14?,16-,18-,19+,20-,21-/m1/s1. The van der Waals surface area contributed by atoms with Crippen LogP contribution in [0.1, 0.15) is 63.0 Å². The zero-order valence-corrected chi connectivity index (χ0v) is 14.1. The lowest BCUT2D eigenvalue weighted by Gasteiger charge is -2.53. The maximum absolute atomic E-state index is 9.45. The monoisotopic (exact) mass is 298 g/mol. The third-order valence-corrected chi connectivity index (χ3v) is 7.66. The Labute approximate surface area is 135 Å². The van der Waals surface area contributed by atoms with E-state index in [0.717, 1.165) is 36.0 Å². The number of rotatable bonds is 2. The van der Waals surface area contributed by atoms with Gasteiger partial charge in [-0.15, -0.1) is 0 Å². The summed E-state index contributed by atoms with van der Waals surface area (Å²) in [5.41, 5.74) is 3.77. The molecule has 4 rings (SSSR count). The van der Waals surface area contributed by atoms with Crippen molar-refractivity contribution in [1.82, 2.24) is 0 Å². The van der Waals surface area contributed by atoms with Crippen molar-refractivity contribution in [3.05, 3.63) is 35.4 Å². The van der Waals surface area contributed by atoms with Crippen LogP contribution in [0.5, 0.6) is 0 Å². The van der Waals surface area contributed by atoms with E-state index in [1.165, 1.54) is 32.1 Å². The van der Waals surface area contributed by atoms with E-state index in [4.69, 9.17) is 0 Å². The topological polar surface area (TPSA) is 20.2 Å². The molecule has 0 amide bonds. The first-order valence-electron chi connectivity index (χ1n) is 9.34. The van der Waals surface area contributed by atoms with Crippen LogP contribution in [-0.4, -0.2) is 11.7 Å². The Morgan fingerprint density at radius 2 is 2.00 bits per heavy atom. The molecular formula is C21H30O. The average Bonchev–Trinajstić information content (AvgIpc) is 2.84. The molecule has 1 aromatic carbocycles. The van der Waals surface area contributed by atoms with Gasteiger partial charge in [0.2, 0.25) is 0 Å². The molecular weight excluding hydrogens is 268 g/mol. The Kier molecular flexibility index (Phi) is 3.60. The molecule has 0 spiro atoms. The molecule has 120 valence electrons. The van der Waals surface area contributed by atoms with E-state index in [1.807, 2.05) is 0 Å². The fraction of sp³-hybridized carbons (Fsp3) is 0.714. The quantitative estimate of drug-likeness (QED) is 0.832. The highest BCUT2D eigenvalue weighted by Gasteiger charge is 2.55. The molecule has 3 aliphatic rings. The van der Waals surface area contributed by atoms with Gasteiger partial charge in [-0.05, 0) is 84.7 Å². The first-order valence-corrected chi connectivity index (χ1v) is 9.34. The molecule has 2 fully saturated rings. The number of hydrogen-bond acceptors (Lipinski definition) is 1. The Balaban J connectivity index is 1.69. The smallest absolute Gasteiger partial charge is 0.0433 e. The van der Waals surface area contributed by atoms with E-state index in [2.05, 4.69) is 38.1 Å². The summed E-state index contributed by atoms with van der Waals surface area (Å²) >= 11 is 0. The van der Waals surface area contributed by atoms with Crippen LogP contribution >= 0.6 is 0 Å². The molecule has 0 heterocycles. The zero-order chi connectivity index (χ0) is 15.3. The number of hydrogen-bond donors (Lipinski definition) is 1. The van der Waals surface area contributed by atoms with E-state index in [1.54, 1.807) is 11.1 Å². The van der Waals surface area contributed by atoms with Gasteiger partial charge in [0.25, 0.3) is 0 Å². The molecule has 22 heavy (non-hydrogen) atoms. The lowest BCUT2D eigenvalue weighted by atomic mass is 9.51. The van der Waals surface area contributed by atoms with E-state index in [0.29, 0.717) is 12.0 Å². The fourth-order valence-electron chi connectivity index (χ4n) is 6.65. The van der Waals surface area contributed by atoms with E-state index < -0.39 is 0 Å². The SMILES string of the molecule is CC1Cc2ccccc2[C@H]2CC[C@]3(C)[C@@H](CCO)CC[C@H]3[C@H]12. The molecule has 1 heteroatoms. The fourth-order valence-corrected chi connectivity index (χ4v) is 6.65. The van der Waals surface area contributed by atoms with Crippen molar-refractivity contribution in [2.45, 2.75) is 58.3 Å². The second kappa shape index (κ2) is 5.37. The number of aliphatic hydroxyl groups excluding tert-OH is 1. The molecule has 3 aliphatic carbocycles. The molecule has 1 nitrogen and oxygen atoms in total. The highest BCUT2D eigenvalue weighted by Crippen LogP contribution is 2.64. The largest absolute Gasteiger partial charge is 0.396 e. The minimum absolute atomic E-state index is 0.374. The highest BCUT2D eigenvalue weighted by molar-refractivity contribution is 5.35. The number of aliphatic hydroxyl groups is 1. The van der Waals surface area contributed by atoms with E-state index in [9.17, 15) is 5.11 Å². The normalized spacial score (nSPS) is 43.3. The second-order valence-electron chi connectivity index (χ2n) is 8.50. The summed E-state index contributed by atoms with van der Waals surface area (Å²) in [6, 6.07) is 9.22. The minimum Gasteiger partial charge on any atom is -0.396 e. The summed E-state index contributed by atoms with van der Waals surface area (Å²) in [4.78, 5) is 0. The van der Waals surface area contributed by atoms with Gasteiger partial charge in [0, 0.05) is 6.61 Å². The number of fused-ring (bicyclic) bond motifs is 5. The van der Waals surface area contributed by atoms with Gasteiger partial charge in [-0.25, -0.2) is 0 Å². The van der Waals surface area contributed by atoms with Crippen molar-refractivity contribution in [3.8, 4) is 0 Å². The maximum Gasteiger partial charge on any atom is 0.0433 e. The van der Waals surface area contributed by atoms with Crippen LogP contribution in [-0.2, 0) is 6.42 Å². The van der Waals surface area contributed by atoms with Crippen LogP contribution in [0.2, 0.25) is 0 Å². The molecule has 0 saturated heterocycles.